The van der Waals surface area contributed by atoms with Gasteiger partial charge in [0.25, 0.3) is 0 Å². The Morgan fingerprint density at radius 1 is 1.07 bits per heavy atom. The summed E-state index contributed by atoms with van der Waals surface area (Å²) < 4.78 is 113. The molecule has 1 aromatic heterocycles. The van der Waals surface area contributed by atoms with Gasteiger partial charge in [0, 0.05) is 25.1 Å². The van der Waals surface area contributed by atoms with Crippen LogP contribution in [-0.4, -0.2) is 60.7 Å². The third-order valence-corrected chi connectivity index (χ3v) is 8.03. The van der Waals surface area contributed by atoms with Crippen molar-refractivity contribution < 1.29 is 49.4 Å². The molecular formula is C26H23F6N3O5S. The Labute approximate surface area is 230 Å². The first-order valence-electron chi connectivity index (χ1n) is 12.1. The maximum Gasteiger partial charge on any atom is 0.433 e. The second kappa shape index (κ2) is 12.0. The Kier molecular flexibility index (Phi) is 8.89. The average molecular weight is 604 g/mol. The lowest BCUT2D eigenvalue weighted by atomic mass is 10.0. The predicted octanol–water partition coefficient (Wildman–Crippen LogP) is 3.83. The Morgan fingerprint density at radius 3 is 2.44 bits per heavy atom. The summed E-state index contributed by atoms with van der Waals surface area (Å²) in [4.78, 5) is 16.1. The summed E-state index contributed by atoms with van der Waals surface area (Å²) in [7, 11) is -4.35. The highest BCUT2D eigenvalue weighted by molar-refractivity contribution is 7.89. The highest BCUT2D eigenvalue weighted by Gasteiger charge is 2.44. The van der Waals surface area contributed by atoms with Crippen LogP contribution < -0.4 is 10.1 Å². The Hall–Kier alpha value is -3.69. The third-order valence-electron chi connectivity index (χ3n) is 6.14. The Balaban J connectivity index is 1.55. The van der Waals surface area contributed by atoms with Crippen molar-refractivity contribution in [2.75, 3.05) is 19.8 Å². The molecule has 2 aromatic carbocycles. The first kappa shape index (κ1) is 30.3. The van der Waals surface area contributed by atoms with E-state index in [2.05, 4.69) is 10.3 Å². The lowest BCUT2D eigenvalue weighted by molar-refractivity contribution is -0.141. The van der Waals surface area contributed by atoms with E-state index >= 15 is 0 Å². The van der Waals surface area contributed by atoms with Crippen LogP contribution in [0.3, 0.4) is 0 Å². The number of amides is 1. The maximum absolute atomic E-state index is 14.5. The summed E-state index contributed by atoms with van der Waals surface area (Å²) in [6.45, 7) is -1.84. The van der Waals surface area contributed by atoms with Gasteiger partial charge in [-0.25, -0.2) is 26.6 Å². The average Bonchev–Trinajstić information content (AvgIpc) is 3.32. The van der Waals surface area contributed by atoms with Crippen LogP contribution in [0.15, 0.2) is 59.5 Å². The standard InChI is InChI=1S/C26H23F6N3O5S/c27-17-1-3-20(4-2-17)41(38,39)35-14-19(29)12-22(35)24(37)33-13-15-9-16(11-18(28)10-15)21-5-6-23(26(30,31)32)34-25(21)40-8-7-36/h1-6,9-11,19,22,36H,7-8,12-14H2,(H,33,37)/t19-,22+/m1/s1. The number of nitrogens with zero attached hydrogens (tertiary/aromatic N) is 2. The van der Waals surface area contributed by atoms with Crippen molar-refractivity contribution in [2.45, 2.75) is 36.3 Å². The molecule has 1 aliphatic heterocycles. The molecule has 1 fully saturated rings. The number of alkyl halides is 4. The van der Waals surface area contributed by atoms with E-state index in [1.54, 1.807) is 0 Å². The SMILES string of the molecule is O=C(NCc1cc(F)cc(-c2ccc(C(F)(F)F)nc2OCCO)c1)[C@@H]1C[C@@H](F)CN1S(=O)(=O)c1ccc(F)cc1. The highest BCUT2D eigenvalue weighted by atomic mass is 32.2. The molecule has 3 aromatic rings. The van der Waals surface area contributed by atoms with E-state index in [4.69, 9.17) is 9.84 Å². The Morgan fingerprint density at radius 2 is 1.78 bits per heavy atom. The quantitative estimate of drug-likeness (QED) is 0.360. The van der Waals surface area contributed by atoms with Crippen molar-refractivity contribution in [3.8, 4) is 17.0 Å². The van der Waals surface area contributed by atoms with E-state index in [-0.39, 0.29) is 34.7 Å². The van der Waals surface area contributed by atoms with E-state index in [1.165, 1.54) is 6.07 Å². The van der Waals surface area contributed by atoms with Gasteiger partial charge in [0.2, 0.25) is 21.8 Å². The van der Waals surface area contributed by atoms with Gasteiger partial charge in [-0.15, -0.1) is 0 Å². The number of pyridine rings is 1. The zero-order valence-electron chi connectivity index (χ0n) is 21.0. The van der Waals surface area contributed by atoms with E-state index in [1.807, 2.05) is 0 Å². The first-order chi connectivity index (χ1) is 19.3. The van der Waals surface area contributed by atoms with Gasteiger partial charge >= 0.3 is 6.18 Å². The molecule has 2 N–H and O–H groups in total. The topological polar surface area (TPSA) is 109 Å². The molecule has 2 heterocycles. The van der Waals surface area contributed by atoms with Gasteiger partial charge in [0.1, 0.15) is 36.1 Å². The molecule has 4 rings (SSSR count). The fourth-order valence-corrected chi connectivity index (χ4v) is 5.91. The van der Waals surface area contributed by atoms with Crippen LogP contribution in [0, 0.1) is 11.6 Å². The molecule has 15 heteroatoms. The molecule has 1 amide bonds. The molecule has 1 saturated heterocycles. The lowest BCUT2D eigenvalue weighted by Gasteiger charge is -2.23. The molecule has 0 spiro atoms. The number of hydrogen-bond acceptors (Lipinski definition) is 6. The van der Waals surface area contributed by atoms with Gasteiger partial charge in [0.15, 0.2) is 0 Å². The fraction of sp³-hybridized carbons (Fsp3) is 0.308. The number of benzene rings is 2. The number of ether oxygens (including phenoxy) is 1. The van der Waals surface area contributed by atoms with Crippen LogP contribution in [0.1, 0.15) is 17.7 Å². The van der Waals surface area contributed by atoms with E-state index < -0.39 is 77.1 Å². The normalized spacial score (nSPS) is 17.9. The monoisotopic (exact) mass is 603 g/mol. The fourth-order valence-electron chi connectivity index (χ4n) is 4.29. The molecule has 0 aliphatic carbocycles. The van der Waals surface area contributed by atoms with E-state index in [0.717, 1.165) is 42.5 Å². The maximum atomic E-state index is 14.5. The molecule has 0 bridgehead atoms. The second-order valence-corrected chi connectivity index (χ2v) is 11.0. The van der Waals surface area contributed by atoms with Crippen molar-refractivity contribution in [1.82, 2.24) is 14.6 Å². The van der Waals surface area contributed by atoms with Gasteiger partial charge in [-0.3, -0.25) is 4.79 Å². The summed E-state index contributed by atoms with van der Waals surface area (Å²) in [5.41, 5.74) is -1.09. The van der Waals surface area contributed by atoms with Crippen LogP contribution in [0.25, 0.3) is 11.1 Å². The van der Waals surface area contributed by atoms with Crippen molar-refractivity contribution in [3.05, 3.63) is 77.5 Å². The van der Waals surface area contributed by atoms with Crippen LogP contribution >= 0.6 is 0 Å². The van der Waals surface area contributed by atoms with Crippen LogP contribution in [0.5, 0.6) is 5.88 Å². The van der Waals surface area contributed by atoms with Crippen LogP contribution in [-0.2, 0) is 27.5 Å². The minimum absolute atomic E-state index is 0.0221. The number of hydrogen-bond donors (Lipinski definition) is 2. The zero-order valence-corrected chi connectivity index (χ0v) is 21.9. The number of aliphatic hydroxyl groups excluding tert-OH is 1. The first-order valence-corrected chi connectivity index (χ1v) is 13.5. The number of rotatable bonds is 9. The van der Waals surface area contributed by atoms with E-state index in [0.29, 0.717) is 10.4 Å². The van der Waals surface area contributed by atoms with Crippen molar-refractivity contribution in [1.29, 1.82) is 0 Å². The summed E-state index contributed by atoms with van der Waals surface area (Å²) >= 11 is 0. The number of aromatic nitrogens is 1. The van der Waals surface area contributed by atoms with E-state index in [9.17, 15) is 39.6 Å². The number of carbonyl (C=O) groups excluding carboxylic acids is 1. The van der Waals surface area contributed by atoms with Crippen LogP contribution in [0.2, 0.25) is 0 Å². The molecule has 0 saturated carbocycles. The number of halogens is 6. The van der Waals surface area contributed by atoms with Gasteiger partial charge in [-0.2, -0.15) is 17.5 Å². The largest absolute Gasteiger partial charge is 0.475 e. The summed E-state index contributed by atoms with van der Waals surface area (Å²) in [5.74, 6) is -2.87. The van der Waals surface area contributed by atoms with Gasteiger partial charge in [-0.1, -0.05) is 0 Å². The molecule has 1 aliphatic rings. The molecular weight excluding hydrogens is 580 g/mol. The van der Waals surface area contributed by atoms with Gasteiger partial charge < -0.3 is 15.2 Å². The third kappa shape index (κ3) is 6.97. The molecule has 2 atom stereocenters. The summed E-state index contributed by atoms with van der Waals surface area (Å²) in [5, 5.41) is 11.5. The molecule has 220 valence electrons. The number of aliphatic hydroxyl groups is 1. The highest BCUT2D eigenvalue weighted by Crippen LogP contribution is 2.35. The molecule has 8 nitrogen and oxygen atoms in total. The minimum Gasteiger partial charge on any atom is -0.475 e. The smallest absolute Gasteiger partial charge is 0.433 e. The minimum atomic E-state index is -4.79. The lowest BCUT2D eigenvalue weighted by Crippen LogP contribution is -2.45. The molecule has 0 radical (unpaired) electrons. The number of sulfonamides is 1. The zero-order chi connectivity index (χ0) is 29.9. The van der Waals surface area contributed by atoms with Crippen molar-refractivity contribution in [3.63, 3.8) is 0 Å². The number of nitrogens with one attached hydrogen (secondary N) is 1. The number of carbonyl (C=O) groups is 1. The summed E-state index contributed by atoms with van der Waals surface area (Å²) in [6.07, 6.45) is -6.88. The summed E-state index contributed by atoms with van der Waals surface area (Å²) in [6, 6.07) is 7.47. The van der Waals surface area contributed by atoms with Crippen molar-refractivity contribution in [2.24, 2.45) is 0 Å². The van der Waals surface area contributed by atoms with Crippen molar-refractivity contribution >= 4 is 15.9 Å². The van der Waals surface area contributed by atoms with Gasteiger partial charge in [0.05, 0.1) is 11.5 Å². The van der Waals surface area contributed by atoms with Gasteiger partial charge in [-0.05, 0) is 65.7 Å². The Bertz CT molecular complexity index is 1520. The second-order valence-electron chi connectivity index (χ2n) is 9.06. The van der Waals surface area contributed by atoms with Crippen LogP contribution in [0.4, 0.5) is 26.3 Å². The molecule has 41 heavy (non-hydrogen) atoms. The molecule has 0 unspecified atom stereocenters. The predicted molar refractivity (Wildman–Crippen MR) is 133 cm³/mol.